The van der Waals surface area contributed by atoms with E-state index >= 15 is 0 Å². The van der Waals surface area contributed by atoms with E-state index in [-0.39, 0.29) is 24.1 Å². The monoisotopic (exact) mass is 200 g/mol. The van der Waals surface area contributed by atoms with Gasteiger partial charge >= 0.3 is 0 Å². The van der Waals surface area contributed by atoms with Crippen LogP contribution >= 0.6 is 12.4 Å². The third-order valence-electron chi connectivity index (χ3n) is 3.03. The van der Waals surface area contributed by atoms with Crippen LogP contribution in [0.4, 0.5) is 0 Å². The van der Waals surface area contributed by atoms with Gasteiger partial charge in [0.15, 0.2) is 5.78 Å². The SMILES string of the molecule is Cl.N#CC12CCCC(CNC1)C2=O. The second-order valence-corrected chi connectivity index (χ2v) is 3.78. The Hall–Kier alpha value is -0.590. The molecule has 0 amide bonds. The Kier molecular flexibility index (Phi) is 2.94. The van der Waals surface area contributed by atoms with E-state index in [1.807, 2.05) is 0 Å². The highest BCUT2D eigenvalue weighted by Gasteiger charge is 2.47. The molecule has 0 aromatic heterocycles. The molecule has 1 saturated heterocycles. The molecule has 1 N–H and O–H groups in total. The van der Waals surface area contributed by atoms with Crippen molar-refractivity contribution >= 4 is 18.2 Å². The molecule has 1 saturated carbocycles. The number of rotatable bonds is 0. The highest BCUT2D eigenvalue weighted by molar-refractivity contribution is 5.91. The molecule has 1 aliphatic carbocycles. The van der Waals surface area contributed by atoms with E-state index in [9.17, 15) is 4.79 Å². The van der Waals surface area contributed by atoms with Gasteiger partial charge in [0.1, 0.15) is 5.41 Å². The maximum absolute atomic E-state index is 11.7. The topological polar surface area (TPSA) is 52.9 Å². The largest absolute Gasteiger partial charge is 0.314 e. The third-order valence-corrected chi connectivity index (χ3v) is 3.03. The van der Waals surface area contributed by atoms with Crippen molar-refractivity contribution in [2.45, 2.75) is 19.3 Å². The standard InChI is InChI=1S/C9H12N2O.ClH/c10-5-9-3-1-2-7(8(9)12)4-11-6-9;/h7,11H,1-4,6H2;1H. The highest BCUT2D eigenvalue weighted by Crippen LogP contribution is 2.37. The van der Waals surface area contributed by atoms with Crippen LogP contribution in [0.1, 0.15) is 19.3 Å². The van der Waals surface area contributed by atoms with Gasteiger partial charge in [0.05, 0.1) is 6.07 Å². The smallest absolute Gasteiger partial charge is 0.158 e. The Morgan fingerprint density at radius 3 is 3.00 bits per heavy atom. The normalized spacial score (nSPS) is 37.5. The van der Waals surface area contributed by atoms with Crippen LogP contribution in [0.2, 0.25) is 0 Å². The van der Waals surface area contributed by atoms with Crippen molar-refractivity contribution in [3.8, 4) is 6.07 Å². The minimum Gasteiger partial charge on any atom is -0.314 e. The maximum Gasteiger partial charge on any atom is 0.158 e. The molecule has 2 rings (SSSR count). The first-order valence-corrected chi connectivity index (χ1v) is 4.45. The first-order valence-electron chi connectivity index (χ1n) is 4.45. The number of nitriles is 1. The Morgan fingerprint density at radius 2 is 2.38 bits per heavy atom. The molecule has 0 aromatic carbocycles. The predicted molar refractivity (Wildman–Crippen MR) is 50.5 cm³/mol. The summed E-state index contributed by atoms with van der Waals surface area (Å²) in [6, 6.07) is 2.19. The fourth-order valence-electron chi connectivity index (χ4n) is 2.28. The van der Waals surface area contributed by atoms with E-state index < -0.39 is 5.41 Å². The minimum absolute atomic E-state index is 0. The van der Waals surface area contributed by atoms with Crippen LogP contribution in [0.25, 0.3) is 0 Å². The first-order chi connectivity index (χ1) is 5.78. The van der Waals surface area contributed by atoms with Crippen molar-refractivity contribution in [3.63, 3.8) is 0 Å². The zero-order valence-corrected chi connectivity index (χ0v) is 8.19. The number of piperidine rings is 1. The van der Waals surface area contributed by atoms with E-state index in [0.29, 0.717) is 6.54 Å². The minimum atomic E-state index is -0.666. The molecule has 72 valence electrons. The summed E-state index contributed by atoms with van der Waals surface area (Å²) in [6.45, 7) is 1.35. The molecule has 13 heavy (non-hydrogen) atoms. The second kappa shape index (κ2) is 3.65. The summed E-state index contributed by atoms with van der Waals surface area (Å²) >= 11 is 0. The van der Waals surface area contributed by atoms with Gasteiger partial charge < -0.3 is 5.32 Å². The van der Waals surface area contributed by atoms with Crippen molar-refractivity contribution in [1.82, 2.24) is 5.32 Å². The van der Waals surface area contributed by atoms with Crippen LogP contribution in [0.5, 0.6) is 0 Å². The lowest BCUT2D eigenvalue weighted by atomic mass is 9.67. The molecule has 1 aliphatic heterocycles. The van der Waals surface area contributed by atoms with Gasteiger partial charge in [-0.15, -0.1) is 12.4 Å². The fourth-order valence-corrected chi connectivity index (χ4v) is 2.28. The van der Waals surface area contributed by atoms with Crippen LogP contribution in [0, 0.1) is 22.7 Å². The van der Waals surface area contributed by atoms with Gasteiger partial charge in [-0.3, -0.25) is 4.79 Å². The van der Waals surface area contributed by atoms with Gasteiger partial charge in [0.25, 0.3) is 0 Å². The molecule has 0 spiro atoms. The number of halogens is 1. The van der Waals surface area contributed by atoms with E-state index in [1.54, 1.807) is 0 Å². The molecule has 3 nitrogen and oxygen atoms in total. The number of carbonyl (C=O) groups is 1. The molecule has 2 aliphatic rings. The van der Waals surface area contributed by atoms with Crippen LogP contribution in [0.3, 0.4) is 0 Å². The van der Waals surface area contributed by atoms with Gasteiger partial charge in [-0.25, -0.2) is 0 Å². The average molecular weight is 201 g/mol. The van der Waals surface area contributed by atoms with Crippen molar-refractivity contribution < 1.29 is 4.79 Å². The van der Waals surface area contributed by atoms with E-state index in [1.165, 1.54) is 0 Å². The summed E-state index contributed by atoms with van der Waals surface area (Å²) in [4.78, 5) is 11.7. The maximum atomic E-state index is 11.7. The Labute approximate surface area is 83.9 Å². The quantitative estimate of drug-likeness (QED) is 0.632. The van der Waals surface area contributed by atoms with Crippen LogP contribution in [-0.4, -0.2) is 18.9 Å². The van der Waals surface area contributed by atoms with Gasteiger partial charge in [0.2, 0.25) is 0 Å². The molecule has 2 unspecified atom stereocenters. The number of nitrogens with zero attached hydrogens (tertiary/aromatic N) is 1. The van der Waals surface area contributed by atoms with Crippen molar-refractivity contribution in [3.05, 3.63) is 0 Å². The van der Waals surface area contributed by atoms with Gasteiger partial charge in [-0.2, -0.15) is 5.26 Å². The van der Waals surface area contributed by atoms with E-state index in [2.05, 4.69) is 11.4 Å². The summed E-state index contributed by atoms with van der Waals surface area (Å²) in [5.74, 6) is 0.308. The summed E-state index contributed by atoms with van der Waals surface area (Å²) in [5.41, 5.74) is -0.666. The van der Waals surface area contributed by atoms with Gasteiger partial charge in [-0.05, 0) is 12.8 Å². The number of hydrogen-bond donors (Lipinski definition) is 1. The Balaban J connectivity index is 0.000000845. The number of Topliss-reactive ketones (excluding diaryl/α,β-unsaturated/α-hetero) is 1. The van der Waals surface area contributed by atoms with Gasteiger partial charge in [-0.1, -0.05) is 6.42 Å². The second-order valence-electron chi connectivity index (χ2n) is 3.78. The summed E-state index contributed by atoms with van der Waals surface area (Å²) in [5, 5.41) is 12.1. The van der Waals surface area contributed by atoms with Crippen LogP contribution in [0.15, 0.2) is 0 Å². The fraction of sp³-hybridized carbons (Fsp3) is 0.778. The summed E-state index contributed by atoms with van der Waals surface area (Å²) < 4.78 is 0. The number of hydrogen-bond acceptors (Lipinski definition) is 3. The van der Waals surface area contributed by atoms with Crippen LogP contribution < -0.4 is 5.32 Å². The molecule has 2 atom stereocenters. The summed E-state index contributed by atoms with van der Waals surface area (Å²) in [7, 11) is 0. The zero-order chi connectivity index (χ0) is 8.60. The predicted octanol–water partition coefficient (Wildman–Crippen LogP) is 0.891. The van der Waals surface area contributed by atoms with Crippen molar-refractivity contribution in [1.29, 1.82) is 5.26 Å². The molecular formula is C9H13ClN2O. The van der Waals surface area contributed by atoms with E-state index in [4.69, 9.17) is 5.26 Å². The first kappa shape index (κ1) is 10.5. The lowest BCUT2D eigenvalue weighted by Gasteiger charge is -2.39. The molecule has 2 fully saturated rings. The van der Waals surface area contributed by atoms with Crippen molar-refractivity contribution in [2.75, 3.05) is 13.1 Å². The average Bonchev–Trinajstić information content (AvgIpc) is 2.05. The molecule has 2 bridgehead atoms. The molecule has 1 heterocycles. The molecule has 4 heteroatoms. The highest BCUT2D eigenvalue weighted by atomic mass is 35.5. The lowest BCUT2D eigenvalue weighted by Crippen LogP contribution is -2.54. The number of carbonyl (C=O) groups excluding carboxylic acids is 1. The number of nitrogens with one attached hydrogen (secondary N) is 1. The summed E-state index contributed by atoms with van der Waals surface area (Å²) in [6.07, 6.45) is 2.76. The number of ketones is 1. The lowest BCUT2D eigenvalue weighted by molar-refractivity contribution is -0.134. The van der Waals surface area contributed by atoms with E-state index in [0.717, 1.165) is 25.8 Å². The van der Waals surface area contributed by atoms with Crippen molar-refractivity contribution in [2.24, 2.45) is 11.3 Å². The number of fused-ring (bicyclic) bond motifs is 2. The van der Waals surface area contributed by atoms with Gasteiger partial charge in [0, 0.05) is 19.0 Å². The van der Waals surface area contributed by atoms with Crippen LogP contribution in [-0.2, 0) is 4.79 Å². The Morgan fingerprint density at radius 1 is 1.62 bits per heavy atom. The molecular weight excluding hydrogens is 188 g/mol. The Bertz CT molecular complexity index is 249. The molecule has 0 radical (unpaired) electrons. The third kappa shape index (κ3) is 1.45. The zero-order valence-electron chi connectivity index (χ0n) is 7.38. The molecule has 0 aromatic rings.